The Labute approximate surface area is 91.0 Å². The van der Waals surface area contributed by atoms with Crippen molar-refractivity contribution in [1.82, 2.24) is 0 Å². The summed E-state index contributed by atoms with van der Waals surface area (Å²) in [6.07, 6.45) is 7.12. The summed E-state index contributed by atoms with van der Waals surface area (Å²) in [7, 11) is 0. The molecule has 4 rings (SSSR count). The molecule has 0 aromatic heterocycles. The standard InChI is InChI=1S/C12H17NS/c1-12-5-8-2-9(6-12)4-10(3-8)11(12)13-7-14/h8-11H,2-6H2,1H3. The zero-order valence-electron chi connectivity index (χ0n) is 8.70. The fourth-order valence-corrected chi connectivity index (χ4v) is 4.85. The van der Waals surface area contributed by atoms with Gasteiger partial charge in [0.15, 0.2) is 0 Å². The molecular formula is C12H17NS. The number of nitrogens with zero attached hydrogens (tertiary/aromatic N) is 1. The topological polar surface area (TPSA) is 12.4 Å². The van der Waals surface area contributed by atoms with E-state index in [1.807, 2.05) is 0 Å². The normalized spacial score (nSPS) is 54.4. The quantitative estimate of drug-likeness (QED) is 0.474. The summed E-state index contributed by atoms with van der Waals surface area (Å²) in [6, 6.07) is 0.507. The van der Waals surface area contributed by atoms with Crippen molar-refractivity contribution in [1.29, 1.82) is 0 Å². The third kappa shape index (κ3) is 1.14. The molecule has 4 bridgehead atoms. The highest BCUT2D eigenvalue weighted by Gasteiger charge is 2.54. The molecule has 0 saturated heterocycles. The van der Waals surface area contributed by atoms with Crippen LogP contribution in [0.3, 0.4) is 0 Å². The molecule has 0 spiro atoms. The number of hydrogen-bond donors (Lipinski definition) is 0. The monoisotopic (exact) mass is 207 g/mol. The summed E-state index contributed by atoms with van der Waals surface area (Å²) in [4.78, 5) is 4.46. The third-order valence-corrected chi connectivity index (χ3v) is 4.91. The van der Waals surface area contributed by atoms with E-state index in [2.05, 4.69) is 17.1 Å². The minimum Gasteiger partial charge on any atom is -0.228 e. The van der Waals surface area contributed by atoms with Crippen molar-refractivity contribution in [2.75, 3.05) is 0 Å². The molecular weight excluding hydrogens is 190 g/mol. The Morgan fingerprint density at radius 1 is 1.21 bits per heavy atom. The van der Waals surface area contributed by atoms with Crippen LogP contribution < -0.4 is 0 Å². The van der Waals surface area contributed by atoms with Gasteiger partial charge in [0, 0.05) is 0 Å². The highest BCUT2D eigenvalue weighted by Crippen LogP contribution is 2.60. The second-order valence-electron chi connectivity index (χ2n) is 5.93. The van der Waals surface area contributed by atoms with Crippen LogP contribution in [0, 0.1) is 23.2 Å². The molecule has 0 radical (unpaired) electrons. The highest BCUT2D eigenvalue weighted by atomic mass is 32.1. The molecule has 0 heterocycles. The average Bonchev–Trinajstić information content (AvgIpc) is 2.09. The Balaban J connectivity index is 1.97. The fourth-order valence-electron chi connectivity index (χ4n) is 4.74. The first-order valence-electron chi connectivity index (χ1n) is 5.78. The second kappa shape index (κ2) is 2.90. The molecule has 4 fully saturated rings. The maximum absolute atomic E-state index is 4.78. The summed E-state index contributed by atoms with van der Waals surface area (Å²) in [5.74, 6) is 2.85. The van der Waals surface area contributed by atoms with E-state index in [9.17, 15) is 0 Å². The Hall–Kier alpha value is -0.200. The lowest BCUT2D eigenvalue weighted by atomic mass is 9.48. The molecule has 0 aliphatic heterocycles. The van der Waals surface area contributed by atoms with Crippen LogP contribution >= 0.6 is 12.2 Å². The number of thiocarbonyl (C=S) groups is 1. The van der Waals surface area contributed by atoms with Gasteiger partial charge in [-0.25, -0.2) is 4.99 Å². The van der Waals surface area contributed by atoms with Gasteiger partial charge in [0.2, 0.25) is 0 Å². The molecule has 4 aliphatic rings. The molecule has 2 heteroatoms. The van der Waals surface area contributed by atoms with Gasteiger partial charge in [-0.05, 0) is 67.5 Å². The van der Waals surface area contributed by atoms with Gasteiger partial charge in [-0.1, -0.05) is 6.92 Å². The van der Waals surface area contributed by atoms with Crippen LogP contribution in [-0.4, -0.2) is 11.2 Å². The smallest absolute Gasteiger partial charge is 0.0684 e. The van der Waals surface area contributed by atoms with Crippen molar-refractivity contribution in [2.45, 2.75) is 45.1 Å². The minimum atomic E-state index is 0.473. The van der Waals surface area contributed by atoms with Crippen molar-refractivity contribution < 1.29 is 0 Å². The first kappa shape index (κ1) is 9.06. The molecule has 0 aromatic carbocycles. The maximum Gasteiger partial charge on any atom is 0.0684 e. The van der Waals surface area contributed by atoms with Gasteiger partial charge in [0.1, 0.15) is 0 Å². The Bertz CT molecular complexity index is 291. The third-order valence-electron chi connectivity index (χ3n) is 4.80. The highest BCUT2D eigenvalue weighted by molar-refractivity contribution is 7.78. The first-order valence-corrected chi connectivity index (χ1v) is 6.19. The van der Waals surface area contributed by atoms with E-state index in [4.69, 9.17) is 12.2 Å². The van der Waals surface area contributed by atoms with Crippen molar-refractivity contribution in [3.63, 3.8) is 0 Å². The van der Waals surface area contributed by atoms with E-state index in [1.165, 1.54) is 32.1 Å². The molecule has 0 N–H and O–H groups in total. The van der Waals surface area contributed by atoms with Crippen LogP contribution in [0.2, 0.25) is 0 Å². The van der Waals surface area contributed by atoms with E-state index >= 15 is 0 Å². The second-order valence-corrected chi connectivity index (χ2v) is 6.11. The van der Waals surface area contributed by atoms with Gasteiger partial charge in [0.05, 0.1) is 11.2 Å². The Morgan fingerprint density at radius 3 is 2.36 bits per heavy atom. The van der Waals surface area contributed by atoms with Crippen LogP contribution in [0.15, 0.2) is 4.99 Å². The zero-order valence-corrected chi connectivity index (χ0v) is 9.52. The van der Waals surface area contributed by atoms with Gasteiger partial charge in [-0.3, -0.25) is 0 Å². The zero-order chi connectivity index (χ0) is 9.76. The summed E-state index contributed by atoms with van der Waals surface area (Å²) in [5, 5.41) is 2.63. The summed E-state index contributed by atoms with van der Waals surface area (Å²) in [5.41, 5.74) is 0.473. The van der Waals surface area contributed by atoms with Gasteiger partial charge >= 0.3 is 0 Å². The van der Waals surface area contributed by atoms with Crippen LogP contribution in [0.1, 0.15) is 39.0 Å². The molecule has 76 valence electrons. The van der Waals surface area contributed by atoms with Crippen molar-refractivity contribution >= 4 is 17.4 Å². The largest absolute Gasteiger partial charge is 0.228 e. The van der Waals surface area contributed by atoms with E-state index < -0.39 is 0 Å². The summed E-state index contributed by atoms with van der Waals surface area (Å²) < 4.78 is 0. The molecule has 0 aromatic rings. The van der Waals surface area contributed by atoms with Gasteiger partial charge in [-0.2, -0.15) is 0 Å². The molecule has 0 amide bonds. The minimum absolute atomic E-state index is 0.473. The van der Waals surface area contributed by atoms with E-state index in [-0.39, 0.29) is 0 Å². The van der Waals surface area contributed by atoms with E-state index in [1.54, 1.807) is 0 Å². The number of hydrogen-bond acceptors (Lipinski definition) is 2. The fraction of sp³-hybridized carbons (Fsp3) is 0.917. The molecule has 14 heavy (non-hydrogen) atoms. The first-order chi connectivity index (χ1) is 6.71. The lowest BCUT2D eigenvalue weighted by Gasteiger charge is -2.58. The Kier molecular flexibility index (Phi) is 1.87. The SMILES string of the molecule is CC12CC3CC(CC(C3)C1N=C=S)C2. The lowest BCUT2D eigenvalue weighted by Crippen LogP contribution is -2.53. The average molecular weight is 207 g/mol. The van der Waals surface area contributed by atoms with Crippen molar-refractivity contribution in [3.05, 3.63) is 0 Å². The number of aliphatic imine (C=N–C) groups is 1. The molecule has 4 saturated carbocycles. The predicted molar refractivity (Wildman–Crippen MR) is 60.5 cm³/mol. The van der Waals surface area contributed by atoms with Crippen molar-refractivity contribution in [3.8, 4) is 0 Å². The van der Waals surface area contributed by atoms with E-state index in [0.29, 0.717) is 11.5 Å². The van der Waals surface area contributed by atoms with Crippen LogP contribution in [-0.2, 0) is 0 Å². The number of rotatable bonds is 1. The lowest BCUT2D eigenvalue weighted by molar-refractivity contribution is -0.0594. The summed E-state index contributed by atoms with van der Waals surface area (Å²) >= 11 is 4.78. The van der Waals surface area contributed by atoms with Crippen molar-refractivity contribution in [2.24, 2.45) is 28.2 Å². The number of isothiocyanates is 1. The molecule has 4 aliphatic carbocycles. The van der Waals surface area contributed by atoms with Gasteiger partial charge in [-0.15, -0.1) is 0 Å². The predicted octanol–water partition coefficient (Wildman–Crippen LogP) is 3.30. The Morgan fingerprint density at radius 2 is 1.86 bits per heavy atom. The van der Waals surface area contributed by atoms with Crippen LogP contribution in [0.5, 0.6) is 0 Å². The van der Waals surface area contributed by atoms with Crippen LogP contribution in [0.4, 0.5) is 0 Å². The summed E-state index contributed by atoms with van der Waals surface area (Å²) in [6.45, 7) is 2.43. The molecule has 3 atom stereocenters. The molecule has 3 unspecified atom stereocenters. The molecule has 1 nitrogen and oxygen atoms in total. The van der Waals surface area contributed by atoms with Gasteiger partial charge in [0.25, 0.3) is 0 Å². The van der Waals surface area contributed by atoms with E-state index in [0.717, 1.165) is 17.8 Å². The van der Waals surface area contributed by atoms with Gasteiger partial charge < -0.3 is 0 Å². The maximum atomic E-state index is 4.78. The van der Waals surface area contributed by atoms with Crippen LogP contribution in [0.25, 0.3) is 0 Å².